The van der Waals surface area contributed by atoms with E-state index in [9.17, 15) is 0 Å². The zero-order valence-electron chi connectivity index (χ0n) is 25.0. The molecule has 2 unspecified atom stereocenters. The van der Waals surface area contributed by atoms with Crippen molar-refractivity contribution >= 4 is 66.1 Å². The van der Waals surface area contributed by atoms with Crippen LogP contribution in [0, 0.1) is 0 Å². The average molecular weight is 664 g/mol. The van der Waals surface area contributed by atoms with Crippen LogP contribution in [0.3, 0.4) is 0 Å². The van der Waals surface area contributed by atoms with Crippen molar-refractivity contribution in [1.82, 2.24) is 0 Å². The molecule has 4 heteroatoms. The molecule has 0 aliphatic heterocycles. The van der Waals surface area contributed by atoms with Crippen LogP contribution in [0.4, 0.5) is 0 Å². The molecule has 0 fully saturated rings. The van der Waals surface area contributed by atoms with Crippen LogP contribution in [0.1, 0.15) is 30.7 Å². The Bertz CT molecular complexity index is 2040. The molecule has 2 atom stereocenters. The average Bonchev–Trinajstić information content (AvgIpc) is 3.67. The first-order valence-corrected chi connectivity index (χ1v) is 24.0. The molecule has 6 aromatic rings. The Labute approximate surface area is 275 Å². The Hall–Kier alpha value is -3.17. The van der Waals surface area contributed by atoms with Gasteiger partial charge in [-0.15, -0.1) is 24.8 Å². The van der Waals surface area contributed by atoms with Gasteiger partial charge in [0.2, 0.25) is 0 Å². The second-order valence-corrected chi connectivity index (χ2v) is 33.6. The first-order valence-electron chi connectivity index (χ1n) is 15.0. The molecule has 218 valence electrons. The molecule has 0 radical (unpaired) electrons. The molecule has 8 rings (SSSR count). The van der Waals surface area contributed by atoms with Gasteiger partial charge in [-0.3, -0.25) is 0 Å². The monoisotopic (exact) mass is 662 g/mol. The summed E-state index contributed by atoms with van der Waals surface area (Å²) in [5.41, 5.74) is 11.2. The summed E-state index contributed by atoms with van der Waals surface area (Å²) < 4.78 is 0.958. The van der Waals surface area contributed by atoms with Crippen LogP contribution in [0.5, 0.6) is 0 Å². The van der Waals surface area contributed by atoms with Gasteiger partial charge in [-0.05, 0) is 0 Å². The number of hydrogen-bond acceptors (Lipinski definition) is 0. The van der Waals surface area contributed by atoms with Gasteiger partial charge in [0.15, 0.2) is 0 Å². The van der Waals surface area contributed by atoms with Gasteiger partial charge in [-0.1, -0.05) is 0 Å². The number of allylic oxidation sites excluding steroid dienone is 2. The van der Waals surface area contributed by atoms with Crippen LogP contribution in [-0.4, -0.2) is 7.63 Å². The van der Waals surface area contributed by atoms with Gasteiger partial charge in [0, 0.05) is 0 Å². The van der Waals surface area contributed by atoms with Crippen molar-refractivity contribution in [2.24, 2.45) is 0 Å². The molecule has 0 saturated carbocycles. The molecule has 0 aromatic heterocycles. The van der Waals surface area contributed by atoms with Crippen molar-refractivity contribution in [1.29, 1.82) is 0 Å². The molecule has 0 saturated heterocycles. The third-order valence-electron chi connectivity index (χ3n) is 10.1. The van der Waals surface area contributed by atoms with Crippen molar-refractivity contribution in [3.05, 3.63) is 156 Å². The van der Waals surface area contributed by atoms with Crippen molar-refractivity contribution < 1.29 is 14.0 Å². The second kappa shape index (κ2) is 11.3. The van der Waals surface area contributed by atoms with Crippen LogP contribution in [0.25, 0.3) is 56.0 Å². The van der Waals surface area contributed by atoms with E-state index in [1.807, 2.05) is 0 Å². The van der Waals surface area contributed by atoms with Crippen LogP contribution in [0.15, 0.2) is 133 Å². The van der Waals surface area contributed by atoms with Crippen molar-refractivity contribution in [2.45, 2.75) is 18.9 Å². The van der Waals surface area contributed by atoms with Gasteiger partial charge in [0.05, 0.1) is 0 Å². The van der Waals surface area contributed by atoms with Gasteiger partial charge in [0.25, 0.3) is 0 Å². The Kier molecular flexibility index (Phi) is 7.94. The summed E-state index contributed by atoms with van der Waals surface area (Å²) in [4.78, 5) is 0. The van der Waals surface area contributed by atoms with Crippen molar-refractivity contribution in [3.8, 4) is 22.3 Å². The molecule has 0 nitrogen and oxygen atoms in total. The van der Waals surface area contributed by atoms with E-state index in [0.717, 1.165) is 0 Å². The van der Waals surface area contributed by atoms with Gasteiger partial charge in [-0.25, -0.2) is 0 Å². The van der Waals surface area contributed by atoms with E-state index in [0.29, 0.717) is 8.45 Å². The third kappa shape index (κ3) is 4.69. The second-order valence-electron chi connectivity index (χ2n) is 13.3. The number of fused-ring (bicyclic) bond motifs is 4. The Balaban J connectivity index is 0.00000171. The topological polar surface area (TPSA) is 0 Å². The summed E-state index contributed by atoms with van der Waals surface area (Å²) in [7, 11) is 2.38. The maximum atomic E-state index is 2.68. The number of hydrogen-bond donors (Lipinski definition) is 0. The van der Waals surface area contributed by atoms with E-state index in [4.69, 9.17) is 0 Å². The van der Waals surface area contributed by atoms with Gasteiger partial charge >= 0.3 is 252 Å². The summed E-state index contributed by atoms with van der Waals surface area (Å²) >= 11 is -3.23. The van der Waals surface area contributed by atoms with E-state index < -0.39 is 14.0 Å². The molecular formula is C40H36Cl2SiTi. The SMILES string of the molecule is Cl.Cl.[CH3][Ti]([CH3])(=[SiH2])([CH]1C=Cc2c(-c3cccc4ccccc34)cccc21)[CH]1C=Cc2c(-c3cccc4ccccc34)cccc21. The number of benzene rings is 6. The third-order valence-corrected chi connectivity index (χ3v) is 21.6. The fourth-order valence-electron chi connectivity index (χ4n) is 7.91. The Morgan fingerprint density at radius 3 is 1.27 bits per heavy atom. The van der Waals surface area contributed by atoms with Gasteiger partial charge < -0.3 is 0 Å². The van der Waals surface area contributed by atoms with Crippen molar-refractivity contribution in [2.75, 3.05) is 0 Å². The van der Waals surface area contributed by atoms with E-state index in [2.05, 4.69) is 164 Å². The minimum atomic E-state index is -3.23. The molecule has 0 N–H and O–H groups in total. The van der Waals surface area contributed by atoms with E-state index in [1.165, 1.54) is 66.1 Å². The molecule has 0 spiro atoms. The van der Waals surface area contributed by atoms with E-state index in [-0.39, 0.29) is 24.8 Å². The van der Waals surface area contributed by atoms with Crippen LogP contribution in [0.2, 0.25) is 10.5 Å². The van der Waals surface area contributed by atoms with Gasteiger partial charge in [0.1, 0.15) is 0 Å². The first kappa shape index (κ1) is 30.8. The molecule has 0 heterocycles. The molecule has 44 heavy (non-hydrogen) atoms. The normalized spacial score (nSPS) is 16.8. The van der Waals surface area contributed by atoms with E-state index in [1.54, 1.807) is 0 Å². The predicted molar refractivity (Wildman–Crippen MR) is 197 cm³/mol. The fourth-order valence-corrected chi connectivity index (χ4v) is 17.7. The van der Waals surface area contributed by atoms with Crippen molar-refractivity contribution in [3.63, 3.8) is 0 Å². The Morgan fingerprint density at radius 2 is 0.818 bits per heavy atom. The summed E-state index contributed by atoms with van der Waals surface area (Å²) in [6, 6.07) is 45.0. The summed E-state index contributed by atoms with van der Waals surface area (Å²) in [6.45, 7) is 0. The fraction of sp³-hybridized carbons (Fsp3) is 0.100. The van der Waals surface area contributed by atoms with Crippen LogP contribution >= 0.6 is 24.8 Å². The van der Waals surface area contributed by atoms with Crippen LogP contribution in [-0.2, 0) is 14.0 Å². The minimum absolute atomic E-state index is 0. The maximum absolute atomic E-state index is 3.23. The molecular weight excluding hydrogens is 627 g/mol. The zero-order valence-corrected chi connectivity index (χ0v) is 29.6. The molecule has 6 aromatic carbocycles. The summed E-state index contributed by atoms with van der Waals surface area (Å²) in [5, 5.41) is 10.6. The van der Waals surface area contributed by atoms with Crippen LogP contribution < -0.4 is 0 Å². The Morgan fingerprint density at radius 1 is 0.455 bits per heavy atom. The molecule has 2 aliphatic carbocycles. The van der Waals surface area contributed by atoms with E-state index >= 15 is 0 Å². The molecule has 2 aliphatic rings. The summed E-state index contributed by atoms with van der Waals surface area (Å²) in [5.74, 6) is 0. The zero-order chi connectivity index (χ0) is 28.5. The summed E-state index contributed by atoms with van der Waals surface area (Å²) in [6.07, 6.45) is 9.99. The molecule has 0 amide bonds. The standard InChI is InChI=1S/2C19H13.2CH3.2ClH.H2Si.Ti/c2*1-2-10-16-14(6-1)8-4-12-18(16)19-13-5-9-15-7-3-11-17(15)19;;;;;;/h2*1-13H;2*1H3;2*1H;1H2;. The van der Waals surface area contributed by atoms with Gasteiger partial charge in [-0.2, -0.15) is 0 Å². The molecule has 0 bridgehead atoms. The first-order chi connectivity index (χ1) is 20.4. The number of halogens is 2. The quantitative estimate of drug-likeness (QED) is 0.165. The predicted octanol–water partition coefficient (Wildman–Crippen LogP) is 11.3. The number of rotatable bonds is 4.